The fraction of sp³-hybridized carbons (Fsp3) is 0.261. The summed E-state index contributed by atoms with van der Waals surface area (Å²) >= 11 is 0. The number of benzene rings is 2. The van der Waals surface area contributed by atoms with Crippen LogP contribution >= 0.6 is 0 Å². The maximum absolute atomic E-state index is 12.8. The lowest BCUT2D eigenvalue weighted by Crippen LogP contribution is -2.38. The van der Waals surface area contributed by atoms with E-state index in [1.54, 1.807) is 18.2 Å². The van der Waals surface area contributed by atoms with E-state index in [1.165, 1.54) is 0 Å². The standard InChI is InChI=1S/C23H22N2O5S/c1-15-6-8-16(9-7-15)21-12-19(18-4-2-3-5-20(18)25-21)23(27)30-13-22(26)24-17-10-11-31(28,29)14-17/h2-9,12,17H,10-11,13-14H2,1H3,(H,24,26)/t17-/m0/s1. The molecule has 31 heavy (non-hydrogen) atoms. The average molecular weight is 439 g/mol. The molecule has 1 aliphatic heterocycles. The fourth-order valence-corrected chi connectivity index (χ4v) is 5.28. The monoisotopic (exact) mass is 438 g/mol. The van der Waals surface area contributed by atoms with Gasteiger partial charge >= 0.3 is 5.97 Å². The van der Waals surface area contributed by atoms with Crippen molar-refractivity contribution in [2.75, 3.05) is 18.1 Å². The van der Waals surface area contributed by atoms with Crippen LogP contribution in [0.25, 0.3) is 22.2 Å². The highest BCUT2D eigenvalue weighted by Crippen LogP contribution is 2.25. The van der Waals surface area contributed by atoms with Gasteiger partial charge in [-0.15, -0.1) is 0 Å². The van der Waals surface area contributed by atoms with Gasteiger partial charge in [0, 0.05) is 17.0 Å². The van der Waals surface area contributed by atoms with Gasteiger partial charge in [-0.05, 0) is 25.5 Å². The van der Waals surface area contributed by atoms with E-state index in [0.29, 0.717) is 28.6 Å². The van der Waals surface area contributed by atoms with Gasteiger partial charge in [-0.3, -0.25) is 4.79 Å². The van der Waals surface area contributed by atoms with Gasteiger partial charge in [0.25, 0.3) is 5.91 Å². The van der Waals surface area contributed by atoms with Gasteiger partial charge in [0.05, 0.1) is 28.3 Å². The quantitative estimate of drug-likeness (QED) is 0.615. The van der Waals surface area contributed by atoms with Crippen LogP contribution in [0, 0.1) is 6.92 Å². The van der Waals surface area contributed by atoms with Gasteiger partial charge in [-0.2, -0.15) is 0 Å². The van der Waals surface area contributed by atoms with Gasteiger partial charge in [0.1, 0.15) is 0 Å². The number of fused-ring (bicyclic) bond motifs is 1. The number of carbonyl (C=O) groups excluding carboxylic acids is 2. The van der Waals surface area contributed by atoms with Crippen molar-refractivity contribution in [2.45, 2.75) is 19.4 Å². The second kappa shape index (κ2) is 8.47. The van der Waals surface area contributed by atoms with Crippen LogP contribution in [-0.4, -0.2) is 49.4 Å². The summed E-state index contributed by atoms with van der Waals surface area (Å²) in [4.78, 5) is 29.6. The maximum Gasteiger partial charge on any atom is 0.339 e. The van der Waals surface area contributed by atoms with Crippen LogP contribution < -0.4 is 5.32 Å². The fourth-order valence-electron chi connectivity index (χ4n) is 3.60. The number of hydrogen-bond donors (Lipinski definition) is 1. The first kappa shape index (κ1) is 21.0. The number of aryl methyl sites for hydroxylation is 1. The molecule has 8 heteroatoms. The number of amides is 1. The average Bonchev–Trinajstić information content (AvgIpc) is 3.09. The van der Waals surface area contributed by atoms with E-state index < -0.39 is 34.4 Å². The Hall–Kier alpha value is -3.26. The Bertz CT molecular complexity index is 1250. The molecule has 1 N–H and O–H groups in total. The number of esters is 1. The summed E-state index contributed by atoms with van der Waals surface area (Å²) in [6.07, 6.45) is 0.372. The normalized spacial score (nSPS) is 17.4. The molecule has 4 rings (SSSR count). The van der Waals surface area contributed by atoms with Crippen LogP contribution in [-0.2, 0) is 19.4 Å². The Kier molecular flexibility index (Phi) is 5.73. The molecule has 7 nitrogen and oxygen atoms in total. The molecular formula is C23H22N2O5S. The second-order valence-electron chi connectivity index (χ2n) is 7.68. The molecule has 2 heterocycles. The Morgan fingerprint density at radius 1 is 1.13 bits per heavy atom. The second-order valence-corrected chi connectivity index (χ2v) is 9.91. The highest BCUT2D eigenvalue weighted by Gasteiger charge is 2.29. The Balaban J connectivity index is 1.53. The number of sulfone groups is 1. The van der Waals surface area contributed by atoms with Crippen molar-refractivity contribution >= 4 is 32.6 Å². The zero-order valence-electron chi connectivity index (χ0n) is 17.0. The smallest absolute Gasteiger partial charge is 0.339 e. The van der Waals surface area contributed by atoms with Crippen LogP contribution in [0.1, 0.15) is 22.3 Å². The summed E-state index contributed by atoms with van der Waals surface area (Å²) in [7, 11) is -3.10. The first-order chi connectivity index (χ1) is 14.8. The van der Waals surface area contributed by atoms with E-state index in [0.717, 1.165) is 11.1 Å². The third kappa shape index (κ3) is 4.91. The van der Waals surface area contributed by atoms with Gasteiger partial charge in [-0.1, -0.05) is 48.0 Å². The Labute approximate surface area is 180 Å². The van der Waals surface area contributed by atoms with Crippen LogP contribution in [0.2, 0.25) is 0 Å². The molecule has 0 spiro atoms. The number of carbonyl (C=O) groups is 2. The minimum absolute atomic E-state index is 0.0581. The number of rotatable bonds is 5. The van der Waals surface area contributed by atoms with Crippen LogP contribution in [0.3, 0.4) is 0 Å². The van der Waals surface area contributed by atoms with E-state index in [9.17, 15) is 18.0 Å². The van der Waals surface area contributed by atoms with Gasteiger partial charge in [-0.25, -0.2) is 18.2 Å². The highest BCUT2D eigenvalue weighted by molar-refractivity contribution is 7.91. The van der Waals surface area contributed by atoms with Crippen molar-refractivity contribution in [1.82, 2.24) is 10.3 Å². The van der Waals surface area contributed by atoms with Crippen molar-refractivity contribution in [2.24, 2.45) is 0 Å². The summed E-state index contributed by atoms with van der Waals surface area (Å²) in [6.45, 7) is 1.51. The van der Waals surface area contributed by atoms with Gasteiger partial charge < -0.3 is 10.1 Å². The topological polar surface area (TPSA) is 102 Å². The molecule has 0 radical (unpaired) electrons. The van der Waals surface area contributed by atoms with Crippen molar-refractivity contribution in [1.29, 1.82) is 0 Å². The predicted molar refractivity (Wildman–Crippen MR) is 117 cm³/mol. The summed E-state index contributed by atoms with van der Waals surface area (Å²) in [5, 5.41) is 3.24. The number of ether oxygens (including phenoxy) is 1. The number of hydrogen-bond acceptors (Lipinski definition) is 6. The van der Waals surface area contributed by atoms with E-state index in [1.807, 2.05) is 43.3 Å². The van der Waals surface area contributed by atoms with Gasteiger partial charge in [0.2, 0.25) is 0 Å². The lowest BCUT2D eigenvalue weighted by atomic mass is 10.0. The van der Waals surface area contributed by atoms with Gasteiger partial charge in [0.15, 0.2) is 16.4 Å². The Morgan fingerprint density at radius 3 is 2.58 bits per heavy atom. The summed E-state index contributed by atoms with van der Waals surface area (Å²) in [5.74, 6) is -1.18. The van der Waals surface area contributed by atoms with E-state index in [2.05, 4.69) is 10.3 Å². The first-order valence-corrected chi connectivity index (χ1v) is 11.8. The molecule has 0 bridgehead atoms. The van der Waals surface area contributed by atoms with E-state index >= 15 is 0 Å². The zero-order chi connectivity index (χ0) is 22.0. The predicted octanol–water partition coefficient (Wildman–Crippen LogP) is 2.67. The van der Waals surface area contributed by atoms with E-state index in [-0.39, 0.29) is 11.5 Å². The number of nitrogens with one attached hydrogen (secondary N) is 1. The van der Waals surface area contributed by atoms with Crippen LogP contribution in [0.4, 0.5) is 0 Å². The number of para-hydroxylation sites is 1. The first-order valence-electron chi connectivity index (χ1n) is 9.94. The van der Waals surface area contributed by atoms with Crippen molar-refractivity contribution in [3.8, 4) is 11.3 Å². The molecular weight excluding hydrogens is 416 g/mol. The van der Waals surface area contributed by atoms with E-state index in [4.69, 9.17) is 4.74 Å². The molecule has 1 amide bonds. The number of pyridine rings is 1. The molecule has 160 valence electrons. The molecule has 1 aliphatic rings. The number of nitrogens with zero attached hydrogens (tertiary/aromatic N) is 1. The summed E-state index contributed by atoms with van der Waals surface area (Å²) in [5.41, 5.74) is 3.58. The molecule has 0 aliphatic carbocycles. The maximum atomic E-state index is 12.8. The Morgan fingerprint density at radius 2 is 1.87 bits per heavy atom. The molecule has 0 unspecified atom stereocenters. The highest BCUT2D eigenvalue weighted by atomic mass is 32.2. The lowest BCUT2D eigenvalue weighted by Gasteiger charge is -2.12. The summed E-state index contributed by atoms with van der Waals surface area (Å²) in [6, 6.07) is 16.3. The third-order valence-corrected chi connectivity index (χ3v) is 6.98. The molecule has 0 saturated carbocycles. The number of aromatic nitrogens is 1. The SMILES string of the molecule is Cc1ccc(-c2cc(C(=O)OCC(=O)N[C@H]3CCS(=O)(=O)C3)c3ccccc3n2)cc1. The molecule has 2 aromatic carbocycles. The van der Waals surface area contributed by atoms with Crippen molar-refractivity contribution in [3.05, 3.63) is 65.7 Å². The third-order valence-electron chi connectivity index (χ3n) is 5.22. The molecule has 1 saturated heterocycles. The van der Waals surface area contributed by atoms with Crippen LogP contribution in [0.5, 0.6) is 0 Å². The van der Waals surface area contributed by atoms with Crippen molar-refractivity contribution < 1.29 is 22.7 Å². The molecule has 1 aromatic heterocycles. The largest absolute Gasteiger partial charge is 0.452 e. The minimum atomic E-state index is -3.10. The van der Waals surface area contributed by atoms with Crippen molar-refractivity contribution in [3.63, 3.8) is 0 Å². The lowest BCUT2D eigenvalue weighted by molar-refractivity contribution is -0.124. The minimum Gasteiger partial charge on any atom is -0.452 e. The molecule has 1 atom stereocenters. The summed E-state index contributed by atoms with van der Waals surface area (Å²) < 4.78 is 28.3. The van der Waals surface area contributed by atoms with Crippen LogP contribution in [0.15, 0.2) is 54.6 Å². The zero-order valence-corrected chi connectivity index (χ0v) is 17.8. The molecule has 1 fully saturated rings. The molecule has 3 aromatic rings.